The number of aromatic nitrogens is 1. The van der Waals surface area contributed by atoms with Crippen LogP contribution in [0.4, 0.5) is 8.78 Å². The van der Waals surface area contributed by atoms with Crippen molar-refractivity contribution in [3.63, 3.8) is 0 Å². The normalized spacial score (nSPS) is 11.8. The smallest absolute Gasteiger partial charge is 0.216 e. The fourth-order valence-corrected chi connectivity index (χ4v) is 6.92. The number of rotatable bonds is 6. The molecule has 0 saturated heterocycles. The third-order valence-corrected chi connectivity index (χ3v) is 9.29. The lowest BCUT2D eigenvalue weighted by Crippen LogP contribution is -2.30. The molecule has 234 valence electrons. The average molecular weight is 623 g/mol. The molecular weight excluding hydrogens is 584 g/mol. The number of para-hydroxylation sites is 1. The van der Waals surface area contributed by atoms with Gasteiger partial charge in [-0.1, -0.05) is 100 Å². The van der Waals surface area contributed by atoms with E-state index in [1.54, 1.807) is 0 Å². The van der Waals surface area contributed by atoms with Crippen LogP contribution in [-0.2, 0) is 7.05 Å². The molecule has 7 rings (SSSR count). The number of fused-ring (bicyclic) bond motifs is 3. The maximum absolute atomic E-state index is 14.3. The summed E-state index contributed by atoms with van der Waals surface area (Å²) < 4.78 is 37.6. The molecule has 0 aliphatic rings. The molecule has 0 amide bonds. The van der Waals surface area contributed by atoms with Crippen LogP contribution >= 0.6 is 0 Å². The van der Waals surface area contributed by atoms with Crippen LogP contribution < -0.4 is 4.57 Å². The van der Waals surface area contributed by atoms with Gasteiger partial charge in [-0.05, 0) is 75.4 Å². The number of furan rings is 1. The number of hydrogen-bond donors (Lipinski definition) is 0. The minimum atomic E-state index is -0.576. The lowest BCUT2D eigenvalue weighted by Gasteiger charge is -2.22. The van der Waals surface area contributed by atoms with Crippen LogP contribution in [0.5, 0.6) is 0 Å². The van der Waals surface area contributed by atoms with Crippen LogP contribution in [0.3, 0.4) is 0 Å². The Hall–Kier alpha value is -5.09. The lowest BCUT2D eigenvalue weighted by molar-refractivity contribution is -0.660. The van der Waals surface area contributed by atoms with Gasteiger partial charge in [-0.15, -0.1) is 0 Å². The van der Waals surface area contributed by atoms with E-state index in [9.17, 15) is 8.78 Å². The zero-order chi connectivity index (χ0) is 33.0. The molecule has 0 aliphatic heterocycles. The molecule has 0 N–H and O–H groups in total. The summed E-state index contributed by atoms with van der Waals surface area (Å²) in [5.74, 6) is -0.801. The van der Waals surface area contributed by atoms with Crippen LogP contribution in [0.15, 0.2) is 114 Å². The average Bonchev–Trinajstić information content (AvgIpc) is 3.43. The number of aryl methyl sites for hydroxylation is 2. The van der Waals surface area contributed by atoms with E-state index in [-0.39, 0.29) is 11.8 Å². The van der Waals surface area contributed by atoms with Crippen molar-refractivity contribution in [3.8, 4) is 44.6 Å². The molecule has 0 unspecified atom stereocenters. The van der Waals surface area contributed by atoms with E-state index in [0.29, 0.717) is 5.56 Å². The van der Waals surface area contributed by atoms with E-state index in [0.717, 1.165) is 78.2 Å². The van der Waals surface area contributed by atoms with Gasteiger partial charge < -0.3 is 4.42 Å². The first-order chi connectivity index (χ1) is 22.6. The minimum absolute atomic E-state index is 0.176. The van der Waals surface area contributed by atoms with Crippen LogP contribution in [0.25, 0.3) is 66.6 Å². The van der Waals surface area contributed by atoms with Gasteiger partial charge in [-0.2, -0.15) is 0 Å². The van der Waals surface area contributed by atoms with Gasteiger partial charge in [-0.25, -0.2) is 13.3 Å². The van der Waals surface area contributed by atoms with Crippen LogP contribution in [-0.4, -0.2) is 0 Å². The lowest BCUT2D eigenvalue weighted by atomic mass is 9.82. The fourth-order valence-electron chi connectivity index (χ4n) is 6.92. The first-order valence-electron chi connectivity index (χ1n) is 16.3. The number of halogens is 2. The van der Waals surface area contributed by atoms with Gasteiger partial charge in [0.25, 0.3) is 0 Å². The number of benzene rings is 5. The minimum Gasteiger partial charge on any atom is -0.454 e. The summed E-state index contributed by atoms with van der Waals surface area (Å²) in [6.45, 7) is 10.8. The summed E-state index contributed by atoms with van der Waals surface area (Å²) in [6, 6.07) is 33.4. The first-order valence-corrected chi connectivity index (χ1v) is 16.3. The highest BCUT2D eigenvalue weighted by Gasteiger charge is 2.25. The summed E-state index contributed by atoms with van der Waals surface area (Å²) in [5.41, 5.74) is 13.1. The summed E-state index contributed by atoms with van der Waals surface area (Å²) >= 11 is 0. The Morgan fingerprint density at radius 2 is 1.21 bits per heavy atom. The Bertz CT molecular complexity index is 2250. The van der Waals surface area contributed by atoms with Gasteiger partial charge in [0.05, 0.1) is 5.56 Å². The van der Waals surface area contributed by atoms with E-state index < -0.39 is 11.6 Å². The summed E-state index contributed by atoms with van der Waals surface area (Å²) in [4.78, 5) is 0. The van der Waals surface area contributed by atoms with Crippen molar-refractivity contribution in [2.24, 2.45) is 7.05 Å². The predicted molar refractivity (Wildman–Crippen MR) is 189 cm³/mol. The number of pyridine rings is 1. The summed E-state index contributed by atoms with van der Waals surface area (Å²) in [7, 11) is 2.07. The third-order valence-electron chi connectivity index (χ3n) is 9.29. The predicted octanol–water partition coefficient (Wildman–Crippen LogP) is 11.9. The molecule has 5 aromatic carbocycles. The highest BCUT2D eigenvalue weighted by Crippen LogP contribution is 2.43. The Labute approximate surface area is 274 Å². The maximum Gasteiger partial charge on any atom is 0.216 e. The molecule has 7 aromatic rings. The fraction of sp³-hybridized carbons (Fsp3) is 0.186. The largest absolute Gasteiger partial charge is 0.454 e. The molecule has 2 heterocycles. The van der Waals surface area contributed by atoms with Crippen molar-refractivity contribution in [2.75, 3.05) is 0 Å². The van der Waals surface area contributed by atoms with Crippen molar-refractivity contribution in [1.29, 1.82) is 0 Å². The number of hydrogen-bond acceptors (Lipinski definition) is 1. The van der Waals surface area contributed by atoms with Gasteiger partial charge in [0, 0.05) is 34.5 Å². The van der Waals surface area contributed by atoms with Gasteiger partial charge in [0.15, 0.2) is 6.20 Å². The number of nitrogens with zero attached hydrogens (tertiary/aromatic N) is 1. The zero-order valence-corrected chi connectivity index (χ0v) is 27.7. The van der Waals surface area contributed by atoms with E-state index in [4.69, 9.17) is 4.42 Å². The summed E-state index contributed by atoms with van der Waals surface area (Å²) in [6.07, 6.45) is 2.12. The zero-order valence-electron chi connectivity index (χ0n) is 27.7. The topological polar surface area (TPSA) is 17.0 Å². The third kappa shape index (κ3) is 5.42. The van der Waals surface area contributed by atoms with Crippen molar-refractivity contribution in [1.82, 2.24) is 0 Å². The second-order valence-electron chi connectivity index (χ2n) is 13.2. The monoisotopic (exact) mass is 622 g/mol. The Morgan fingerprint density at radius 1 is 0.574 bits per heavy atom. The standard InChI is InChI=1S/C43H38F2NO/c1-25(2)37-21-31(30-19-32(44)24-33(45)20-30)22-38(26(3)4)41(37)29-17-18-46(6)39(23-29)40-27(5)15-16-36-35-14-10-13-34(42(35)47-43(36)40)28-11-8-7-9-12-28/h7-26H,1-6H3/q+1. The summed E-state index contributed by atoms with van der Waals surface area (Å²) in [5, 5.41) is 2.18. The van der Waals surface area contributed by atoms with Gasteiger partial charge >= 0.3 is 0 Å². The quantitative estimate of drug-likeness (QED) is 0.169. The highest BCUT2D eigenvalue weighted by atomic mass is 19.1. The van der Waals surface area contributed by atoms with Crippen LogP contribution in [0.2, 0.25) is 0 Å². The Morgan fingerprint density at radius 3 is 1.87 bits per heavy atom. The SMILES string of the molecule is Cc1ccc2c(oc3c(-c4ccccc4)cccc32)c1-c1cc(-c2c(C(C)C)cc(-c3cc(F)cc(F)c3)cc2C(C)C)cc[n+]1C. The van der Waals surface area contributed by atoms with E-state index in [1.165, 1.54) is 17.7 Å². The molecule has 0 radical (unpaired) electrons. The van der Waals surface area contributed by atoms with E-state index in [1.807, 2.05) is 6.07 Å². The maximum atomic E-state index is 14.3. The Kier molecular flexibility index (Phi) is 7.76. The molecule has 47 heavy (non-hydrogen) atoms. The molecule has 0 atom stereocenters. The molecule has 0 saturated carbocycles. The second-order valence-corrected chi connectivity index (χ2v) is 13.2. The van der Waals surface area contributed by atoms with Crippen LogP contribution in [0, 0.1) is 18.6 Å². The van der Waals surface area contributed by atoms with Crippen LogP contribution in [0.1, 0.15) is 56.2 Å². The molecule has 0 fully saturated rings. The molecule has 0 aliphatic carbocycles. The van der Waals surface area contributed by atoms with Crippen molar-refractivity contribution < 1.29 is 17.8 Å². The molecule has 4 heteroatoms. The van der Waals surface area contributed by atoms with Crippen molar-refractivity contribution in [2.45, 2.75) is 46.5 Å². The highest BCUT2D eigenvalue weighted by molar-refractivity contribution is 6.13. The first kappa shape index (κ1) is 30.6. The van der Waals surface area contributed by atoms with Gasteiger partial charge in [0.2, 0.25) is 5.69 Å². The molecule has 2 aromatic heterocycles. The molecule has 2 nitrogen and oxygen atoms in total. The molecule has 0 spiro atoms. The van der Waals surface area contributed by atoms with Gasteiger partial charge in [-0.3, -0.25) is 0 Å². The van der Waals surface area contributed by atoms with Gasteiger partial charge in [0.1, 0.15) is 29.8 Å². The second kappa shape index (κ2) is 11.9. The Balaban J connectivity index is 1.46. The van der Waals surface area contributed by atoms with E-state index >= 15 is 0 Å². The van der Waals surface area contributed by atoms with Crippen molar-refractivity contribution >= 4 is 21.9 Å². The van der Waals surface area contributed by atoms with Crippen molar-refractivity contribution in [3.05, 3.63) is 138 Å². The van der Waals surface area contributed by atoms with E-state index in [2.05, 4.69) is 131 Å². The molecule has 0 bridgehead atoms. The molecular formula is C43H38F2NO+.